The summed E-state index contributed by atoms with van der Waals surface area (Å²) in [5.74, 6) is 0.846. The van der Waals surface area contributed by atoms with Crippen molar-refractivity contribution in [3.05, 3.63) is 48.3 Å². The first kappa shape index (κ1) is 16.0. The SMILES string of the molecule is COc1ccccc1-c1nc2ccc(N)cn2c1CN1CCCCC1. The van der Waals surface area contributed by atoms with Crippen LogP contribution in [0.4, 0.5) is 5.69 Å². The fraction of sp³-hybridized carbons (Fsp3) is 0.350. The van der Waals surface area contributed by atoms with Crippen LogP contribution in [-0.2, 0) is 6.54 Å². The number of aromatic nitrogens is 2. The van der Waals surface area contributed by atoms with Crippen molar-refractivity contribution in [3.8, 4) is 17.0 Å². The molecule has 5 heteroatoms. The van der Waals surface area contributed by atoms with E-state index in [4.69, 9.17) is 15.5 Å². The molecule has 130 valence electrons. The number of fused-ring (bicyclic) bond motifs is 1. The van der Waals surface area contributed by atoms with Crippen LogP contribution in [0.2, 0.25) is 0 Å². The van der Waals surface area contributed by atoms with E-state index >= 15 is 0 Å². The molecule has 3 heterocycles. The molecule has 0 radical (unpaired) electrons. The minimum absolute atomic E-state index is 0.747. The normalized spacial score (nSPS) is 15.6. The molecule has 0 amide bonds. The molecule has 2 aromatic heterocycles. The van der Waals surface area contributed by atoms with Gasteiger partial charge in [-0.2, -0.15) is 0 Å². The molecule has 5 nitrogen and oxygen atoms in total. The van der Waals surface area contributed by atoms with Crippen LogP contribution in [0.5, 0.6) is 5.75 Å². The maximum absolute atomic E-state index is 6.04. The van der Waals surface area contributed by atoms with Crippen LogP contribution in [-0.4, -0.2) is 34.5 Å². The Kier molecular flexibility index (Phi) is 4.32. The lowest BCUT2D eigenvalue weighted by atomic mass is 10.1. The monoisotopic (exact) mass is 336 g/mol. The van der Waals surface area contributed by atoms with Crippen LogP contribution in [0.3, 0.4) is 0 Å². The number of hydrogen-bond acceptors (Lipinski definition) is 4. The number of benzene rings is 1. The second-order valence-corrected chi connectivity index (χ2v) is 6.63. The lowest BCUT2D eigenvalue weighted by molar-refractivity contribution is 0.218. The Bertz CT molecular complexity index is 881. The van der Waals surface area contributed by atoms with Crippen molar-refractivity contribution < 1.29 is 4.74 Å². The fourth-order valence-electron chi connectivity index (χ4n) is 3.65. The Balaban J connectivity index is 1.86. The highest BCUT2D eigenvalue weighted by molar-refractivity contribution is 5.72. The van der Waals surface area contributed by atoms with E-state index in [9.17, 15) is 0 Å². The van der Waals surface area contributed by atoms with Crippen molar-refractivity contribution in [1.82, 2.24) is 14.3 Å². The number of para-hydroxylation sites is 1. The number of piperidine rings is 1. The van der Waals surface area contributed by atoms with Crippen molar-refractivity contribution in [3.63, 3.8) is 0 Å². The van der Waals surface area contributed by atoms with Crippen molar-refractivity contribution >= 4 is 11.3 Å². The number of imidazole rings is 1. The number of methoxy groups -OCH3 is 1. The minimum atomic E-state index is 0.747. The number of nitrogens with zero attached hydrogens (tertiary/aromatic N) is 3. The van der Waals surface area contributed by atoms with Gasteiger partial charge in [-0.25, -0.2) is 4.98 Å². The molecule has 4 rings (SSSR count). The van der Waals surface area contributed by atoms with E-state index in [1.54, 1.807) is 7.11 Å². The molecule has 1 aliphatic heterocycles. The number of anilines is 1. The Morgan fingerprint density at radius 2 is 1.88 bits per heavy atom. The number of rotatable bonds is 4. The van der Waals surface area contributed by atoms with Gasteiger partial charge < -0.3 is 14.9 Å². The molecular weight excluding hydrogens is 312 g/mol. The van der Waals surface area contributed by atoms with Crippen molar-refractivity contribution in [1.29, 1.82) is 0 Å². The largest absolute Gasteiger partial charge is 0.496 e. The summed E-state index contributed by atoms with van der Waals surface area (Å²) in [5, 5.41) is 0. The standard InChI is InChI=1S/C20H24N4O/c1-25-18-8-4-3-7-16(18)20-17(14-23-11-5-2-6-12-23)24-13-15(21)9-10-19(24)22-20/h3-4,7-10,13H,2,5-6,11-12,14,21H2,1H3. The molecule has 0 saturated carbocycles. The zero-order valence-electron chi connectivity index (χ0n) is 14.6. The molecule has 2 N–H and O–H groups in total. The molecule has 1 aromatic carbocycles. The van der Waals surface area contributed by atoms with E-state index in [1.807, 2.05) is 36.5 Å². The number of hydrogen-bond donors (Lipinski definition) is 1. The van der Waals surface area contributed by atoms with Crippen LogP contribution in [0.25, 0.3) is 16.9 Å². The van der Waals surface area contributed by atoms with Gasteiger partial charge in [0.15, 0.2) is 0 Å². The average Bonchev–Trinajstić information content (AvgIpc) is 3.00. The van der Waals surface area contributed by atoms with Gasteiger partial charge in [0.2, 0.25) is 0 Å². The Labute approximate surface area is 148 Å². The van der Waals surface area contributed by atoms with E-state index < -0.39 is 0 Å². The summed E-state index contributed by atoms with van der Waals surface area (Å²) in [6.45, 7) is 3.15. The summed E-state index contributed by atoms with van der Waals surface area (Å²) in [4.78, 5) is 7.41. The predicted octanol–water partition coefficient (Wildman–Crippen LogP) is 3.58. The minimum Gasteiger partial charge on any atom is -0.496 e. The number of nitrogens with two attached hydrogens (primary N) is 1. The van der Waals surface area contributed by atoms with E-state index in [1.165, 1.54) is 25.0 Å². The molecule has 25 heavy (non-hydrogen) atoms. The van der Waals surface area contributed by atoms with E-state index in [0.717, 1.165) is 48.0 Å². The third kappa shape index (κ3) is 3.07. The first-order chi connectivity index (χ1) is 12.3. The maximum Gasteiger partial charge on any atom is 0.137 e. The van der Waals surface area contributed by atoms with Crippen LogP contribution in [0, 0.1) is 0 Å². The van der Waals surface area contributed by atoms with Crippen LogP contribution < -0.4 is 10.5 Å². The maximum atomic E-state index is 6.04. The zero-order valence-corrected chi connectivity index (χ0v) is 14.6. The smallest absolute Gasteiger partial charge is 0.137 e. The molecule has 0 spiro atoms. The van der Waals surface area contributed by atoms with Crippen molar-refractivity contribution in [2.45, 2.75) is 25.8 Å². The third-order valence-electron chi connectivity index (χ3n) is 4.92. The summed E-state index contributed by atoms with van der Waals surface area (Å²) in [5.41, 5.74) is 10.9. The predicted molar refractivity (Wildman–Crippen MR) is 101 cm³/mol. The lowest BCUT2D eigenvalue weighted by Gasteiger charge is -2.26. The molecule has 1 fully saturated rings. The topological polar surface area (TPSA) is 55.8 Å². The molecule has 1 saturated heterocycles. The van der Waals surface area contributed by atoms with Gasteiger partial charge in [-0.15, -0.1) is 0 Å². The summed E-state index contributed by atoms with van der Waals surface area (Å²) < 4.78 is 7.71. The Morgan fingerprint density at radius 1 is 1.08 bits per heavy atom. The average molecular weight is 336 g/mol. The van der Waals surface area contributed by atoms with Gasteiger partial charge in [0.05, 0.1) is 18.5 Å². The summed E-state index contributed by atoms with van der Waals surface area (Å²) in [6.07, 6.45) is 5.84. The highest BCUT2D eigenvalue weighted by atomic mass is 16.5. The molecule has 0 bridgehead atoms. The number of nitrogen functional groups attached to an aromatic ring is 1. The first-order valence-electron chi connectivity index (χ1n) is 8.88. The van der Waals surface area contributed by atoms with Gasteiger partial charge in [-0.3, -0.25) is 4.90 Å². The van der Waals surface area contributed by atoms with Gasteiger partial charge in [0, 0.05) is 24.0 Å². The van der Waals surface area contributed by atoms with Crippen molar-refractivity contribution in [2.75, 3.05) is 25.9 Å². The third-order valence-corrected chi connectivity index (χ3v) is 4.92. The number of pyridine rings is 1. The Morgan fingerprint density at radius 3 is 2.68 bits per heavy atom. The molecule has 0 unspecified atom stereocenters. The van der Waals surface area contributed by atoms with Crippen LogP contribution in [0.15, 0.2) is 42.6 Å². The molecule has 3 aromatic rings. The van der Waals surface area contributed by atoms with Gasteiger partial charge >= 0.3 is 0 Å². The molecule has 0 aliphatic carbocycles. The summed E-state index contributed by atoms with van der Waals surface area (Å²) >= 11 is 0. The van der Waals surface area contributed by atoms with E-state index in [2.05, 4.69) is 15.4 Å². The van der Waals surface area contributed by atoms with Crippen molar-refractivity contribution in [2.24, 2.45) is 0 Å². The molecule has 1 aliphatic rings. The van der Waals surface area contributed by atoms with E-state index in [0.29, 0.717) is 0 Å². The fourth-order valence-corrected chi connectivity index (χ4v) is 3.65. The van der Waals surface area contributed by atoms with Gasteiger partial charge in [-0.1, -0.05) is 18.6 Å². The second kappa shape index (κ2) is 6.76. The second-order valence-electron chi connectivity index (χ2n) is 6.63. The molecule has 0 atom stereocenters. The van der Waals surface area contributed by atoms with Crippen LogP contribution >= 0.6 is 0 Å². The first-order valence-corrected chi connectivity index (χ1v) is 8.88. The van der Waals surface area contributed by atoms with Crippen LogP contribution in [0.1, 0.15) is 25.0 Å². The highest BCUT2D eigenvalue weighted by Gasteiger charge is 2.20. The summed E-state index contributed by atoms with van der Waals surface area (Å²) in [6, 6.07) is 12.0. The quantitative estimate of drug-likeness (QED) is 0.791. The summed E-state index contributed by atoms with van der Waals surface area (Å²) in [7, 11) is 1.71. The lowest BCUT2D eigenvalue weighted by Crippen LogP contribution is -2.29. The number of ether oxygens (including phenoxy) is 1. The molecular formula is C20H24N4O. The van der Waals surface area contributed by atoms with Gasteiger partial charge in [-0.05, 0) is 50.2 Å². The van der Waals surface area contributed by atoms with Gasteiger partial charge in [0.25, 0.3) is 0 Å². The number of likely N-dealkylation sites (tertiary alicyclic amines) is 1. The van der Waals surface area contributed by atoms with Gasteiger partial charge in [0.1, 0.15) is 11.4 Å². The highest BCUT2D eigenvalue weighted by Crippen LogP contribution is 2.33. The Hall–Kier alpha value is -2.53. The van der Waals surface area contributed by atoms with E-state index in [-0.39, 0.29) is 0 Å². The zero-order chi connectivity index (χ0) is 17.2.